The van der Waals surface area contributed by atoms with Crippen LogP contribution in [0.2, 0.25) is 0 Å². The predicted molar refractivity (Wildman–Crippen MR) is 161 cm³/mol. The van der Waals surface area contributed by atoms with E-state index in [1.807, 2.05) is 36.4 Å². The number of rotatable bonds is 12. The fourth-order valence-electron chi connectivity index (χ4n) is 4.21. The number of benzene rings is 2. The molecule has 0 saturated heterocycles. The second kappa shape index (κ2) is 13.1. The molecule has 1 amide bonds. The predicted octanol–water partition coefficient (Wildman–Crippen LogP) is 7.42. The first kappa shape index (κ1) is 28.6. The zero-order valence-electron chi connectivity index (χ0n) is 23.3. The van der Waals surface area contributed by atoms with Gasteiger partial charge in [0, 0.05) is 0 Å². The van der Waals surface area contributed by atoms with Crippen molar-refractivity contribution >= 4 is 39.8 Å². The van der Waals surface area contributed by atoms with Crippen molar-refractivity contribution < 1.29 is 14.3 Å². The molecule has 0 bridgehead atoms. The molecule has 0 aliphatic carbocycles. The minimum atomic E-state index is -0.411. The SMILES string of the molecule is CCCCCCCC1=NN2C(=N)/C(=C\c3ccc(OCCOc4ccc(C(C)(C)C)cc4)cc3)C(=O)N=C2S1. The van der Waals surface area contributed by atoms with Gasteiger partial charge in [-0.25, -0.2) is 0 Å². The molecule has 0 spiro atoms. The fraction of sp³-hybridized carbons (Fsp3) is 0.419. The van der Waals surface area contributed by atoms with Gasteiger partial charge in [0.25, 0.3) is 5.91 Å². The Bertz CT molecular complexity index is 1260. The number of hydrogen-bond donors (Lipinski definition) is 1. The molecule has 0 radical (unpaired) electrons. The highest BCUT2D eigenvalue weighted by atomic mass is 32.2. The summed E-state index contributed by atoms with van der Waals surface area (Å²) in [5.74, 6) is 1.18. The van der Waals surface area contributed by atoms with E-state index in [1.165, 1.54) is 48.0 Å². The van der Waals surface area contributed by atoms with Crippen molar-refractivity contribution in [3.05, 3.63) is 65.2 Å². The molecule has 0 aromatic heterocycles. The first-order chi connectivity index (χ1) is 18.7. The second-order valence-corrected chi connectivity index (χ2v) is 11.8. The number of hydrogen-bond acceptors (Lipinski definition) is 6. The van der Waals surface area contributed by atoms with Crippen LogP contribution in [0.4, 0.5) is 0 Å². The lowest BCUT2D eigenvalue weighted by Crippen LogP contribution is -2.35. The van der Waals surface area contributed by atoms with Gasteiger partial charge in [-0.1, -0.05) is 77.6 Å². The third-order valence-corrected chi connectivity index (χ3v) is 7.49. The number of amides is 1. The van der Waals surface area contributed by atoms with E-state index in [0.29, 0.717) is 24.1 Å². The molecule has 2 aromatic rings. The van der Waals surface area contributed by atoms with Crippen molar-refractivity contribution in [3.8, 4) is 11.5 Å². The van der Waals surface area contributed by atoms with E-state index in [0.717, 1.165) is 29.2 Å². The van der Waals surface area contributed by atoms with E-state index in [-0.39, 0.29) is 16.8 Å². The summed E-state index contributed by atoms with van der Waals surface area (Å²) in [6.45, 7) is 9.61. The maximum atomic E-state index is 12.7. The summed E-state index contributed by atoms with van der Waals surface area (Å²) in [6, 6.07) is 15.6. The van der Waals surface area contributed by atoms with E-state index in [2.05, 4.69) is 49.9 Å². The molecule has 8 heteroatoms. The molecule has 0 saturated carbocycles. The smallest absolute Gasteiger partial charge is 0.283 e. The van der Waals surface area contributed by atoms with E-state index in [9.17, 15) is 4.79 Å². The molecule has 2 aromatic carbocycles. The molecule has 0 atom stereocenters. The van der Waals surface area contributed by atoms with Gasteiger partial charge in [-0.15, -0.1) is 0 Å². The first-order valence-electron chi connectivity index (χ1n) is 13.7. The number of fused-ring (bicyclic) bond motifs is 1. The van der Waals surface area contributed by atoms with Crippen molar-refractivity contribution in [3.63, 3.8) is 0 Å². The van der Waals surface area contributed by atoms with Crippen LogP contribution in [0.3, 0.4) is 0 Å². The van der Waals surface area contributed by atoms with Gasteiger partial charge in [0.2, 0.25) is 5.17 Å². The maximum Gasteiger partial charge on any atom is 0.283 e. The molecule has 0 fully saturated rings. The van der Waals surface area contributed by atoms with E-state index in [4.69, 9.17) is 14.9 Å². The van der Waals surface area contributed by atoms with Gasteiger partial charge in [0.15, 0.2) is 5.84 Å². The molecule has 4 rings (SSSR count). The Hall–Kier alpha value is -3.39. The number of aliphatic imine (C=N–C) groups is 1. The minimum absolute atomic E-state index is 0.0616. The van der Waals surface area contributed by atoms with Gasteiger partial charge in [-0.2, -0.15) is 15.1 Å². The number of carbonyl (C=O) groups excluding carboxylic acids is 1. The Morgan fingerprint density at radius 3 is 2.15 bits per heavy atom. The molecular formula is C31H38N4O3S. The number of amidine groups is 2. The molecule has 2 aliphatic rings. The fourth-order valence-corrected chi connectivity index (χ4v) is 5.14. The van der Waals surface area contributed by atoms with Crippen LogP contribution in [0.25, 0.3) is 6.08 Å². The summed E-state index contributed by atoms with van der Waals surface area (Å²) >= 11 is 1.40. The van der Waals surface area contributed by atoms with E-state index >= 15 is 0 Å². The highest BCUT2D eigenvalue weighted by Gasteiger charge is 2.35. The Balaban J connectivity index is 1.28. The topological polar surface area (TPSA) is 87.3 Å². The second-order valence-electron chi connectivity index (χ2n) is 10.7. The van der Waals surface area contributed by atoms with Crippen LogP contribution < -0.4 is 9.47 Å². The standard InChI is InChI=1S/C31H38N4O3S/c1-5-6-7-8-9-10-27-34-35-28(32)26(29(36)33-30(35)39-27)21-22-11-15-24(16-12-22)37-19-20-38-25-17-13-23(14-18-25)31(2,3)4/h11-18,21,32H,5-10,19-20H2,1-4H3/b26-21+,32-28?. The number of nitrogens with one attached hydrogen (secondary N) is 1. The van der Waals surface area contributed by atoms with Gasteiger partial charge in [0.1, 0.15) is 29.8 Å². The number of thioether (sulfide) groups is 1. The van der Waals surface area contributed by atoms with Crippen LogP contribution in [-0.4, -0.2) is 40.2 Å². The Labute approximate surface area is 235 Å². The van der Waals surface area contributed by atoms with Gasteiger partial charge in [-0.3, -0.25) is 10.2 Å². The lowest BCUT2D eigenvalue weighted by molar-refractivity contribution is -0.114. The third kappa shape index (κ3) is 7.82. The Kier molecular flexibility index (Phi) is 9.62. The van der Waals surface area contributed by atoms with Gasteiger partial charge in [-0.05, 0) is 71.5 Å². The minimum Gasteiger partial charge on any atom is -0.490 e. The Morgan fingerprint density at radius 1 is 0.923 bits per heavy atom. The molecule has 1 N–H and O–H groups in total. The van der Waals surface area contributed by atoms with Crippen molar-refractivity contribution in [2.45, 2.75) is 71.6 Å². The third-order valence-electron chi connectivity index (χ3n) is 6.52. The molecular weight excluding hydrogens is 508 g/mol. The zero-order chi connectivity index (χ0) is 27.8. The largest absolute Gasteiger partial charge is 0.490 e. The molecule has 2 aliphatic heterocycles. The lowest BCUT2D eigenvalue weighted by atomic mass is 9.87. The summed E-state index contributed by atoms with van der Waals surface area (Å²) in [5.41, 5.74) is 2.40. The molecule has 39 heavy (non-hydrogen) atoms. The number of hydrazone groups is 1. The average Bonchev–Trinajstić information content (AvgIpc) is 3.32. The quantitative estimate of drug-likeness (QED) is 0.221. The number of nitrogens with zero attached hydrogens (tertiary/aromatic N) is 3. The summed E-state index contributed by atoms with van der Waals surface area (Å²) in [4.78, 5) is 16.9. The van der Waals surface area contributed by atoms with Gasteiger partial charge >= 0.3 is 0 Å². The van der Waals surface area contributed by atoms with Crippen molar-refractivity contribution in [1.82, 2.24) is 5.01 Å². The highest BCUT2D eigenvalue weighted by Crippen LogP contribution is 2.30. The van der Waals surface area contributed by atoms with Crippen LogP contribution in [-0.2, 0) is 10.2 Å². The summed E-state index contributed by atoms with van der Waals surface area (Å²) in [5, 5.41) is 16.0. The monoisotopic (exact) mass is 546 g/mol. The lowest BCUT2D eigenvalue weighted by Gasteiger charge is -2.20. The summed E-state index contributed by atoms with van der Waals surface area (Å²) in [6.07, 6.45) is 8.45. The maximum absolute atomic E-state index is 12.7. The van der Waals surface area contributed by atoms with Gasteiger partial charge < -0.3 is 9.47 Å². The summed E-state index contributed by atoms with van der Waals surface area (Å²) < 4.78 is 11.6. The van der Waals surface area contributed by atoms with Crippen molar-refractivity contribution in [1.29, 1.82) is 5.41 Å². The average molecular weight is 547 g/mol. The van der Waals surface area contributed by atoms with Crippen LogP contribution in [0.15, 0.2) is 64.2 Å². The highest BCUT2D eigenvalue weighted by molar-refractivity contribution is 8.26. The van der Waals surface area contributed by atoms with Crippen LogP contribution in [0.1, 0.15) is 77.3 Å². The molecule has 2 heterocycles. The molecule has 0 unspecified atom stereocenters. The number of ether oxygens (including phenoxy) is 2. The summed E-state index contributed by atoms with van der Waals surface area (Å²) in [7, 11) is 0. The Morgan fingerprint density at radius 2 is 1.54 bits per heavy atom. The van der Waals surface area contributed by atoms with Crippen molar-refractivity contribution in [2.75, 3.05) is 13.2 Å². The van der Waals surface area contributed by atoms with E-state index < -0.39 is 5.91 Å². The zero-order valence-corrected chi connectivity index (χ0v) is 24.1. The van der Waals surface area contributed by atoms with Crippen LogP contribution in [0.5, 0.6) is 11.5 Å². The van der Waals surface area contributed by atoms with Crippen LogP contribution >= 0.6 is 11.8 Å². The van der Waals surface area contributed by atoms with Gasteiger partial charge in [0.05, 0.1) is 5.57 Å². The van der Waals surface area contributed by atoms with Crippen molar-refractivity contribution in [2.24, 2.45) is 10.1 Å². The number of carbonyl (C=O) groups is 1. The number of unbranched alkanes of at least 4 members (excludes halogenated alkanes) is 4. The first-order valence-corrected chi connectivity index (χ1v) is 14.5. The normalized spacial score (nSPS) is 16.3. The molecule has 7 nitrogen and oxygen atoms in total. The molecule has 206 valence electrons. The van der Waals surface area contributed by atoms with E-state index in [1.54, 1.807) is 6.08 Å². The van der Waals surface area contributed by atoms with Crippen LogP contribution in [0, 0.1) is 5.41 Å².